The molecule has 2 aromatic rings. The normalized spacial score (nSPS) is 24.2. The Labute approximate surface area is 212 Å². The van der Waals surface area contributed by atoms with Gasteiger partial charge < -0.3 is 19.8 Å². The van der Waals surface area contributed by atoms with Gasteiger partial charge in [-0.3, -0.25) is 14.4 Å². The third-order valence-electron chi connectivity index (χ3n) is 8.16. The van der Waals surface area contributed by atoms with Crippen LogP contribution < -0.4 is 0 Å². The van der Waals surface area contributed by atoms with Crippen LogP contribution in [0.2, 0.25) is 0 Å². The number of hydrogen-bond donors (Lipinski definition) is 1. The summed E-state index contributed by atoms with van der Waals surface area (Å²) in [5.74, 6) is 0.0421. The fourth-order valence-corrected chi connectivity index (χ4v) is 6.26. The van der Waals surface area contributed by atoms with Crippen molar-refractivity contribution in [3.8, 4) is 11.1 Å². The lowest BCUT2D eigenvalue weighted by molar-refractivity contribution is -0.168. The van der Waals surface area contributed by atoms with Crippen LogP contribution in [-0.4, -0.2) is 83.4 Å². The molecule has 2 aromatic carbocycles. The zero-order valence-electron chi connectivity index (χ0n) is 21.1. The van der Waals surface area contributed by atoms with Crippen molar-refractivity contribution in [2.24, 2.45) is 5.92 Å². The molecule has 2 heterocycles. The van der Waals surface area contributed by atoms with Crippen LogP contribution >= 0.6 is 0 Å². The lowest BCUT2D eigenvalue weighted by Gasteiger charge is -2.59. The number of carbonyl (C=O) groups excluding carboxylic acids is 3. The number of nitrogens with zero attached hydrogens (tertiary/aromatic N) is 3. The van der Waals surface area contributed by atoms with E-state index in [2.05, 4.69) is 0 Å². The van der Waals surface area contributed by atoms with Crippen molar-refractivity contribution in [3.63, 3.8) is 0 Å². The third-order valence-corrected chi connectivity index (χ3v) is 8.16. The third kappa shape index (κ3) is 4.41. The Hall–Kier alpha value is -3.19. The van der Waals surface area contributed by atoms with E-state index >= 15 is 0 Å². The maximum atomic E-state index is 13.2. The van der Waals surface area contributed by atoms with Gasteiger partial charge in [-0.2, -0.15) is 0 Å². The second-order valence-electron chi connectivity index (χ2n) is 10.6. The fourth-order valence-electron chi connectivity index (χ4n) is 6.26. The highest BCUT2D eigenvalue weighted by Crippen LogP contribution is 2.43. The molecule has 0 bridgehead atoms. The first-order chi connectivity index (χ1) is 17.4. The van der Waals surface area contributed by atoms with Gasteiger partial charge in [0.2, 0.25) is 11.8 Å². The smallest absolute Gasteiger partial charge is 0.253 e. The van der Waals surface area contributed by atoms with Crippen LogP contribution in [0.3, 0.4) is 0 Å². The average molecular weight is 490 g/mol. The van der Waals surface area contributed by atoms with Crippen LogP contribution in [-0.2, 0) is 9.59 Å². The number of aliphatic hydroxyl groups is 1. The van der Waals surface area contributed by atoms with Crippen LogP contribution in [0, 0.1) is 5.92 Å². The van der Waals surface area contributed by atoms with Gasteiger partial charge in [-0.15, -0.1) is 0 Å². The van der Waals surface area contributed by atoms with E-state index in [-0.39, 0.29) is 54.8 Å². The van der Waals surface area contributed by atoms with Gasteiger partial charge in [-0.05, 0) is 41.7 Å². The Balaban J connectivity index is 1.34. The molecular weight excluding hydrogens is 454 g/mol. The number of carbonyl (C=O) groups is 3. The van der Waals surface area contributed by atoms with Gasteiger partial charge in [-0.1, -0.05) is 55.7 Å². The predicted octanol–water partition coefficient (Wildman–Crippen LogP) is 3.13. The summed E-state index contributed by atoms with van der Waals surface area (Å²) in [4.78, 5) is 43.6. The number of rotatable bonds is 5. The summed E-state index contributed by atoms with van der Waals surface area (Å²) in [6.07, 6.45) is 5.20. The molecule has 5 rings (SSSR count). The molecule has 36 heavy (non-hydrogen) atoms. The number of fused-ring (bicyclic) bond motifs is 1. The summed E-state index contributed by atoms with van der Waals surface area (Å²) in [5, 5.41) is 10.1. The van der Waals surface area contributed by atoms with Crippen LogP contribution in [0.15, 0.2) is 48.5 Å². The van der Waals surface area contributed by atoms with Crippen molar-refractivity contribution in [3.05, 3.63) is 59.7 Å². The quantitative estimate of drug-likeness (QED) is 0.700. The number of aliphatic hydroxyl groups excluding tert-OH is 1. The van der Waals surface area contributed by atoms with Gasteiger partial charge in [0.15, 0.2) is 0 Å². The van der Waals surface area contributed by atoms with Gasteiger partial charge in [0.25, 0.3) is 5.91 Å². The Morgan fingerprint density at radius 3 is 2.39 bits per heavy atom. The summed E-state index contributed by atoms with van der Waals surface area (Å²) < 4.78 is 0. The zero-order chi connectivity index (χ0) is 25.4. The van der Waals surface area contributed by atoms with Gasteiger partial charge in [-0.25, -0.2) is 0 Å². The van der Waals surface area contributed by atoms with Crippen molar-refractivity contribution in [1.29, 1.82) is 0 Å². The molecule has 3 atom stereocenters. The van der Waals surface area contributed by atoms with E-state index in [1.807, 2.05) is 48.5 Å². The molecule has 2 saturated heterocycles. The van der Waals surface area contributed by atoms with Crippen molar-refractivity contribution in [1.82, 2.24) is 14.7 Å². The van der Waals surface area contributed by atoms with Crippen LogP contribution in [0.1, 0.15) is 53.9 Å². The predicted molar refractivity (Wildman–Crippen MR) is 137 cm³/mol. The Morgan fingerprint density at radius 1 is 1.00 bits per heavy atom. The van der Waals surface area contributed by atoms with Gasteiger partial charge >= 0.3 is 0 Å². The number of amides is 3. The van der Waals surface area contributed by atoms with Gasteiger partial charge in [0.05, 0.1) is 25.2 Å². The first-order valence-corrected chi connectivity index (χ1v) is 13.0. The summed E-state index contributed by atoms with van der Waals surface area (Å²) in [6, 6.07) is 15.4. The SMILES string of the molecule is CN(C)C(=O)c1cccc(-c2ccc([C@@H]3[C@H]4CN(C(=O)C5CCCCC5)CC(=O)N4[C@H]3CO)cc2)c1. The minimum Gasteiger partial charge on any atom is -0.394 e. The van der Waals surface area contributed by atoms with Gasteiger partial charge in [0, 0.05) is 38.0 Å². The molecule has 1 aliphatic carbocycles. The molecular formula is C29H35N3O4. The van der Waals surface area contributed by atoms with E-state index in [1.54, 1.807) is 28.8 Å². The molecule has 0 unspecified atom stereocenters. The molecule has 3 aliphatic rings. The van der Waals surface area contributed by atoms with Crippen molar-refractivity contribution >= 4 is 17.7 Å². The van der Waals surface area contributed by atoms with E-state index in [4.69, 9.17) is 0 Å². The monoisotopic (exact) mass is 489 g/mol. The van der Waals surface area contributed by atoms with Crippen LogP contribution in [0.4, 0.5) is 0 Å². The highest BCUT2D eigenvalue weighted by atomic mass is 16.3. The van der Waals surface area contributed by atoms with Crippen LogP contribution in [0.5, 0.6) is 0 Å². The van der Waals surface area contributed by atoms with E-state index < -0.39 is 0 Å². The zero-order valence-corrected chi connectivity index (χ0v) is 21.1. The van der Waals surface area contributed by atoms with E-state index in [9.17, 15) is 19.5 Å². The summed E-state index contributed by atoms with van der Waals surface area (Å²) in [7, 11) is 3.48. The van der Waals surface area contributed by atoms with E-state index in [1.165, 1.54) is 6.42 Å². The van der Waals surface area contributed by atoms with E-state index in [0.717, 1.165) is 42.4 Å². The number of hydrogen-bond acceptors (Lipinski definition) is 4. The average Bonchev–Trinajstić information content (AvgIpc) is 2.89. The molecule has 1 N–H and O–H groups in total. The molecule has 3 fully saturated rings. The second-order valence-corrected chi connectivity index (χ2v) is 10.6. The lowest BCUT2D eigenvalue weighted by atomic mass is 9.73. The minimum atomic E-state index is -0.263. The Kier molecular flexibility index (Phi) is 6.84. The number of benzene rings is 2. The molecule has 1 saturated carbocycles. The number of piperazine rings is 1. The molecule has 0 aromatic heterocycles. The van der Waals surface area contributed by atoms with Gasteiger partial charge in [0.1, 0.15) is 0 Å². The van der Waals surface area contributed by atoms with Crippen molar-refractivity contribution in [2.75, 3.05) is 33.8 Å². The molecule has 0 spiro atoms. The summed E-state index contributed by atoms with van der Waals surface area (Å²) in [6.45, 7) is 0.550. The second kappa shape index (κ2) is 10.1. The molecule has 190 valence electrons. The maximum absolute atomic E-state index is 13.2. The Bertz CT molecular complexity index is 1140. The first-order valence-electron chi connectivity index (χ1n) is 13.0. The maximum Gasteiger partial charge on any atom is 0.253 e. The van der Waals surface area contributed by atoms with Crippen molar-refractivity contribution in [2.45, 2.75) is 50.1 Å². The molecule has 2 aliphatic heterocycles. The minimum absolute atomic E-state index is 0.0170. The molecule has 0 radical (unpaired) electrons. The van der Waals surface area contributed by atoms with Crippen LogP contribution in [0.25, 0.3) is 11.1 Å². The van der Waals surface area contributed by atoms with E-state index in [0.29, 0.717) is 12.1 Å². The molecule has 7 heteroatoms. The topological polar surface area (TPSA) is 81.2 Å². The Morgan fingerprint density at radius 2 is 1.72 bits per heavy atom. The first kappa shape index (κ1) is 24.5. The van der Waals surface area contributed by atoms with Crippen molar-refractivity contribution < 1.29 is 19.5 Å². The highest BCUT2D eigenvalue weighted by molar-refractivity contribution is 5.95. The molecule has 3 amide bonds. The molecule has 7 nitrogen and oxygen atoms in total. The fraction of sp³-hybridized carbons (Fsp3) is 0.483. The summed E-state index contributed by atoms with van der Waals surface area (Å²) >= 11 is 0. The standard InChI is InChI=1S/C29H35N3O4/c1-30(2)28(35)23-10-6-9-22(15-23)19-11-13-20(14-12-19)27-24-16-31(17-26(34)32(24)25(27)18-33)29(36)21-7-4-3-5-8-21/h6,9-15,21,24-25,27,33H,3-5,7-8,16-18H2,1-2H3/t24-,25+,27-/m1/s1. The lowest BCUT2D eigenvalue weighted by Crippen LogP contribution is -2.73. The highest BCUT2D eigenvalue weighted by Gasteiger charge is 2.54. The largest absolute Gasteiger partial charge is 0.394 e. The summed E-state index contributed by atoms with van der Waals surface area (Å²) in [5.41, 5.74) is 3.65.